The van der Waals surface area contributed by atoms with Crippen LogP contribution in [0.1, 0.15) is 23.7 Å². The highest BCUT2D eigenvalue weighted by molar-refractivity contribution is 9.10. The number of rotatable bonds is 1. The Balaban J connectivity index is 2.05. The van der Waals surface area contributed by atoms with E-state index >= 15 is 0 Å². The second-order valence-corrected chi connectivity index (χ2v) is 5.17. The molecule has 4 heteroatoms. The molecule has 2 N–H and O–H groups in total. The lowest BCUT2D eigenvalue weighted by Gasteiger charge is -2.06. The van der Waals surface area contributed by atoms with Gasteiger partial charge in [-0.25, -0.2) is 9.97 Å². The molecule has 0 aliphatic heterocycles. The Labute approximate surface area is 108 Å². The van der Waals surface area contributed by atoms with Crippen molar-refractivity contribution < 1.29 is 0 Å². The van der Waals surface area contributed by atoms with Gasteiger partial charge in [-0.1, -0.05) is 28.1 Å². The van der Waals surface area contributed by atoms with E-state index in [1.54, 1.807) is 0 Å². The zero-order valence-electron chi connectivity index (χ0n) is 9.23. The maximum atomic E-state index is 6.02. The van der Waals surface area contributed by atoms with Crippen molar-refractivity contribution in [2.45, 2.75) is 18.9 Å². The van der Waals surface area contributed by atoms with Gasteiger partial charge >= 0.3 is 0 Å². The average Bonchev–Trinajstić information content (AvgIpc) is 2.72. The number of benzene rings is 1. The maximum Gasteiger partial charge on any atom is 0.159 e. The number of aromatic nitrogens is 2. The van der Waals surface area contributed by atoms with Crippen LogP contribution in [0.4, 0.5) is 0 Å². The predicted octanol–water partition coefficient (Wildman–Crippen LogP) is 2.85. The van der Waals surface area contributed by atoms with Crippen molar-refractivity contribution in [2.24, 2.45) is 5.73 Å². The number of hydrogen-bond donors (Lipinski definition) is 1. The van der Waals surface area contributed by atoms with E-state index in [2.05, 4.69) is 25.9 Å². The Morgan fingerprint density at radius 1 is 1.24 bits per heavy atom. The van der Waals surface area contributed by atoms with E-state index in [9.17, 15) is 0 Å². The SMILES string of the molecule is NC1CCc2cnc(-c3ccc(Br)cc3)nc21. The van der Waals surface area contributed by atoms with Gasteiger partial charge in [-0.2, -0.15) is 0 Å². The van der Waals surface area contributed by atoms with E-state index in [-0.39, 0.29) is 6.04 Å². The molecule has 1 unspecified atom stereocenters. The van der Waals surface area contributed by atoms with Gasteiger partial charge in [0.25, 0.3) is 0 Å². The van der Waals surface area contributed by atoms with Crippen LogP contribution in [0.25, 0.3) is 11.4 Å². The largest absolute Gasteiger partial charge is 0.323 e. The lowest BCUT2D eigenvalue weighted by Crippen LogP contribution is -2.08. The molecule has 0 saturated heterocycles. The molecule has 17 heavy (non-hydrogen) atoms. The van der Waals surface area contributed by atoms with Gasteiger partial charge in [0.15, 0.2) is 5.82 Å². The predicted molar refractivity (Wildman–Crippen MR) is 70.4 cm³/mol. The van der Waals surface area contributed by atoms with Crippen LogP contribution in [-0.2, 0) is 6.42 Å². The smallest absolute Gasteiger partial charge is 0.159 e. The summed E-state index contributed by atoms with van der Waals surface area (Å²) in [4.78, 5) is 8.99. The molecular weight excluding hydrogens is 278 g/mol. The minimum absolute atomic E-state index is 0.0715. The van der Waals surface area contributed by atoms with Crippen LogP contribution in [0.2, 0.25) is 0 Å². The van der Waals surface area contributed by atoms with E-state index in [0.29, 0.717) is 0 Å². The van der Waals surface area contributed by atoms with Crippen LogP contribution < -0.4 is 5.73 Å². The van der Waals surface area contributed by atoms with Gasteiger partial charge in [0.05, 0.1) is 5.69 Å². The number of nitrogens with two attached hydrogens (primary N) is 1. The van der Waals surface area contributed by atoms with Crippen LogP contribution in [0, 0.1) is 0 Å². The molecule has 3 rings (SSSR count). The summed E-state index contributed by atoms with van der Waals surface area (Å²) in [5, 5.41) is 0. The van der Waals surface area contributed by atoms with Crippen molar-refractivity contribution in [1.29, 1.82) is 0 Å². The summed E-state index contributed by atoms with van der Waals surface area (Å²) in [5.41, 5.74) is 9.25. The molecule has 0 saturated carbocycles. The Morgan fingerprint density at radius 2 is 2.00 bits per heavy atom. The number of aryl methyl sites for hydroxylation is 1. The highest BCUT2D eigenvalue weighted by atomic mass is 79.9. The molecule has 2 aromatic rings. The standard InChI is InChI=1S/C13H12BrN3/c14-10-4-1-8(2-5-10)13-16-7-9-3-6-11(15)12(9)17-13/h1-2,4-5,7,11H,3,6,15H2. The lowest BCUT2D eigenvalue weighted by atomic mass is 10.2. The van der Waals surface area contributed by atoms with Crippen molar-refractivity contribution in [2.75, 3.05) is 0 Å². The second kappa shape index (κ2) is 4.20. The molecule has 1 heterocycles. The fraction of sp³-hybridized carbons (Fsp3) is 0.231. The summed E-state index contributed by atoms with van der Waals surface area (Å²) in [6, 6.07) is 8.07. The summed E-state index contributed by atoms with van der Waals surface area (Å²) in [5.74, 6) is 0.758. The van der Waals surface area contributed by atoms with Crippen molar-refractivity contribution in [3.8, 4) is 11.4 Å². The third-order valence-electron chi connectivity index (χ3n) is 3.08. The summed E-state index contributed by atoms with van der Waals surface area (Å²) >= 11 is 3.42. The molecule has 1 aliphatic carbocycles. The summed E-state index contributed by atoms with van der Waals surface area (Å²) in [6.45, 7) is 0. The van der Waals surface area contributed by atoms with Crippen LogP contribution >= 0.6 is 15.9 Å². The second-order valence-electron chi connectivity index (χ2n) is 4.26. The molecule has 1 aromatic heterocycles. The van der Waals surface area contributed by atoms with Crippen LogP contribution in [0.5, 0.6) is 0 Å². The third kappa shape index (κ3) is 1.98. The van der Waals surface area contributed by atoms with E-state index in [1.165, 1.54) is 5.56 Å². The van der Waals surface area contributed by atoms with Crippen LogP contribution in [0.3, 0.4) is 0 Å². The molecule has 1 aliphatic rings. The maximum absolute atomic E-state index is 6.02. The molecule has 0 amide bonds. The zero-order chi connectivity index (χ0) is 11.8. The minimum Gasteiger partial charge on any atom is -0.323 e. The molecule has 86 valence electrons. The molecule has 0 spiro atoms. The number of hydrogen-bond acceptors (Lipinski definition) is 3. The summed E-state index contributed by atoms with van der Waals surface area (Å²) < 4.78 is 1.05. The fourth-order valence-electron chi connectivity index (χ4n) is 2.12. The quantitative estimate of drug-likeness (QED) is 0.878. The topological polar surface area (TPSA) is 51.8 Å². The third-order valence-corrected chi connectivity index (χ3v) is 3.61. The van der Waals surface area contributed by atoms with Gasteiger partial charge in [0, 0.05) is 22.3 Å². The normalized spacial score (nSPS) is 18.1. The van der Waals surface area contributed by atoms with Crippen molar-refractivity contribution >= 4 is 15.9 Å². The lowest BCUT2D eigenvalue weighted by molar-refractivity contribution is 0.698. The first-order valence-corrected chi connectivity index (χ1v) is 6.40. The number of nitrogens with zero attached hydrogens (tertiary/aromatic N) is 2. The Morgan fingerprint density at radius 3 is 2.76 bits per heavy atom. The first-order valence-electron chi connectivity index (χ1n) is 5.61. The monoisotopic (exact) mass is 289 g/mol. The van der Waals surface area contributed by atoms with E-state index < -0.39 is 0 Å². The van der Waals surface area contributed by atoms with Crippen molar-refractivity contribution in [3.05, 3.63) is 46.2 Å². The van der Waals surface area contributed by atoms with E-state index in [0.717, 1.165) is 34.4 Å². The summed E-state index contributed by atoms with van der Waals surface area (Å²) in [6.07, 6.45) is 3.89. The average molecular weight is 290 g/mol. The zero-order valence-corrected chi connectivity index (χ0v) is 10.8. The van der Waals surface area contributed by atoms with Crippen molar-refractivity contribution in [3.63, 3.8) is 0 Å². The Hall–Kier alpha value is -1.26. The molecule has 0 fully saturated rings. The molecule has 1 aromatic carbocycles. The van der Waals surface area contributed by atoms with Gasteiger partial charge in [0.2, 0.25) is 0 Å². The molecule has 1 atom stereocenters. The van der Waals surface area contributed by atoms with E-state index in [4.69, 9.17) is 5.73 Å². The van der Waals surface area contributed by atoms with E-state index in [1.807, 2.05) is 30.5 Å². The number of fused-ring (bicyclic) bond motifs is 1. The number of halogens is 1. The molecule has 3 nitrogen and oxygen atoms in total. The van der Waals surface area contributed by atoms with Crippen LogP contribution in [-0.4, -0.2) is 9.97 Å². The molecule has 0 radical (unpaired) electrons. The highest BCUT2D eigenvalue weighted by Gasteiger charge is 2.21. The fourth-order valence-corrected chi connectivity index (χ4v) is 2.38. The summed E-state index contributed by atoms with van der Waals surface area (Å²) in [7, 11) is 0. The highest BCUT2D eigenvalue weighted by Crippen LogP contribution is 2.28. The van der Waals surface area contributed by atoms with Crippen LogP contribution in [0.15, 0.2) is 34.9 Å². The molecular formula is C13H12BrN3. The van der Waals surface area contributed by atoms with Gasteiger partial charge in [0.1, 0.15) is 0 Å². The van der Waals surface area contributed by atoms with Gasteiger partial charge in [-0.15, -0.1) is 0 Å². The Kier molecular flexibility index (Phi) is 2.68. The van der Waals surface area contributed by atoms with Gasteiger partial charge in [-0.05, 0) is 30.5 Å². The first kappa shape index (κ1) is 10.9. The Bertz CT molecular complexity index is 551. The first-order chi connectivity index (χ1) is 8.24. The van der Waals surface area contributed by atoms with Gasteiger partial charge in [-0.3, -0.25) is 0 Å². The minimum atomic E-state index is 0.0715. The van der Waals surface area contributed by atoms with Crippen molar-refractivity contribution in [1.82, 2.24) is 9.97 Å². The molecule has 0 bridgehead atoms. The van der Waals surface area contributed by atoms with Gasteiger partial charge < -0.3 is 5.73 Å².